The van der Waals surface area contributed by atoms with Crippen LogP contribution in [0.5, 0.6) is 0 Å². The fourth-order valence-electron chi connectivity index (χ4n) is 4.00. The van der Waals surface area contributed by atoms with E-state index in [4.69, 9.17) is 9.47 Å². The summed E-state index contributed by atoms with van der Waals surface area (Å²) in [6, 6.07) is 5.73. The quantitative estimate of drug-likeness (QED) is 0.484. The summed E-state index contributed by atoms with van der Waals surface area (Å²) in [5.41, 5.74) is 1.21. The molecule has 0 radical (unpaired) electrons. The Bertz CT molecular complexity index is 1060. The minimum atomic E-state index is -1.24. The van der Waals surface area contributed by atoms with Gasteiger partial charge in [0.15, 0.2) is 5.69 Å². The second kappa shape index (κ2) is 9.74. The molecule has 1 aromatic carbocycles. The molecule has 1 aromatic heterocycles. The Hall–Kier alpha value is -3.20. The van der Waals surface area contributed by atoms with Crippen LogP contribution < -0.4 is 10.2 Å². The summed E-state index contributed by atoms with van der Waals surface area (Å²) in [6.45, 7) is 10.5. The van der Waals surface area contributed by atoms with E-state index in [1.807, 2.05) is 45.9 Å². The van der Waals surface area contributed by atoms with Crippen LogP contribution >= 0.6 is 0 Å². The summed E-state index contributed by atoms with van der Waals surface area (Å²) in [7, 11) is 1.24. The summed E-state index contributed by atoms with van der Waals surface area (Å²) >= 11 is 0. The number of anilines is 1. The van der Waals surface area contributed by atoms with Gasteiger partial charge < -0.3 is 19.4 Å². The molecule has 178 valence electrons. The maximum absolute atomic E-state index is 13.8. The van der Waals surface area contributed by atoms with Gasteiger partial charge >= 0.3 is 5.97 Å². The van der Waals surface area contributed by atoms with Crippen molar-refractivity contribution in [1.29, 1.82) is 0 Å². The Morgan fingerprint density at radius 1 is 1.27 bits per heavy atom. The lowest BCUT2D eigenvalue weighted by Gasteiger charge is -2.44. The third-order valence-corrected chi connectivity index (χ3v) is 5.75. The largest absolute Gasteiger partial charge is 0.464 e. The number of carbonyl (C=O) groups is 3. The molecular weight excluding hydrogens is 424 g/mol. The van der Waals surface area contributed by atoms with E-state index in [-0.39, 0.29) is 29.9 Å². The second-order valence-electron chi connectivity index (χ2n) is 8.79. The van der Waals surface area contributed by atoms with E-state index in [0.717, 1.165) is 11.1 Å². The first-order valence-corrected chi connectivity index (χ1v) is 11.0. The summed E-state index contributed by atoms with van der Waals surface area (Å²) in [5.74, 6) is -1.47. The van der Waals surface area contributed by atoms with Gasteiger partial charge in [0.2, 0.25) is 5.91 Å². The number of aromatic nitrogens is 2. The highest BCUT2D eigenvalue weighted by Gasteiger charge is 2.50. The number of carbonyl (C=O) groups excluding carboxylic acids is 3. The number of fused-ring (bicyclic) bond motifs is 1. The SMILES string of the molecule is COC(=O)c1ncn2c1C(=O)N(c1cc(C)ccc1C)C(C)(C(=O)NCCCOC(C)C)C2. The zero-order valence-corrected chi connectivity index (χ0v) is 20.1. The summed E-state index contributed by atoms with van der Waals surface area (Å²) < 4.78 is 11.9. The topological polar surface area (TPSA) is 103 Å². The highest BCUT2D eigenvalue weighted by atomic mass is 16.5. The minimum absolute atomic E-state index is 0.0638. The number of rotatable bonds is 8. The fraction of sp³-hybridized carbons (Fsp3) is 0.500. The van der Waals surface area contributed by atoms with Gasteiger partial charge in [-0.1, -0.05) is 12.1 Å². The second-order valence-corrected chi connectivity index (χ2v) is 8.79. The van der Waals surface area contributed by atoms with Gasteiger partial charge in [0.05, 0.1) is 26.1 Å². The van der Waals surface area contributed by atoms with Gasteiger partial charge in [-0.25, -0.2) is 9.78 Å². The number of benzene rings is 1. The third kappa shape index (κ3) is 4.78. The van der Waals surface area contributed by atoms with E-state index >= 15 is 0 Å². The molecule has 1 N–H and O–H groups in total. The Morgan fingerprint density at radius 3 is 2.67 bits per heavy atom. The summed E-state index contributed by atoms with van der Waals surface area (Å²) in [4.78, 5) is 45.1. The van der Waals surface area contributed by atoms with E-state index in [9.17, 15) is 14.4 Å². The predicted molar refractivity (Wildman–Crippen MR) is 123 cm³/mol. The third-order valence-electron chi connectivity index (χ3n) is 5.75. The average molecular weight is 457 g/mol. The predicted octanol–water partition coefficient (Wildman–Crippen LogP) is 2.64. The average Bonchev–Trinajstić information content (AvgIpc) is 3.18. The zero-order chi connectivity index (χ0) is 24.3. The number of imidazole rings is 1. The number of nitrogens with one attached hydrogen (secondary N) is 1. The number of hydrogen-bond donors (Lipinski definition) is 1. The normalized spacial score (nSPS) is 17.8. The summed E-state index contributed by atoms with van der Waals surface area (Å²) in [6.07, 6.45) is 2.18. The van der Waals surface area contributed by atoms with Crippen LogP contribution in [-0.4, -0.2) is 59.2 Å². The lowest BCUT2D eigenvalue weighted by molar-refractivity contribution is -0.126. The van der Waals surface area contributed by atoms with Crippen molar-refractivity contribution in [2.75, 3.05) is 25.2 Å². The first-order chi connectivity index (χ1) is 15.6. The summed E-state index contributed by atoms with van der Waals surface area (Å²) in [5, 5.41) is 2.95. The molecule has 2 aromatic rings. The molecule has 0 fully saturated rings. The molecule has 0 saturated heterocycles. The van der Waals surface area contributed by atoms with Crippen molar-refractivity contribution >= 4 is 23.5 Å². The Kier molecular flexibility index (Phi) is 7.22. The molecule has 0 bridgehead atoms. The van der Waals surface area contributed by atoms with Crippen LogP contribution in [0.25, 0.3) is 0 Å². The maximum atomic E-state index is 13.8. The van der Waals surface area contributed by atoms with E-state index in [2.05, 4.69) is 10.3 Å². The Morgan fingerprint density at radius 2 is 2.00 bits per heavy atom. The molecule has 9 nitrogen and oxygen atoms in total. The van der Waals surface area contributed by atoms with Crippen LogP contribution in [-0.2, 0) is 20.8 Å². The van der Waals surface area contributed by atoms with Crippen molar-refractivity contribution in [2.24, 2.45) is 0 Å². The molecule has 2 heterocycles. The lowest BCUT2D eigenvalue weighted by Crippen LogP contribution is -2.64. The molecular formula is C24H32N4O5. The van der Waals surface area contributed by atoms with Crippen LogP contribution in [0.4, 0.5) is 5.69 Å². The minimum Gasteiger partial charge on any atom is -0.464 e. The highest BCUT2D eigenvalue weighted by Crippen LogP contribution is 2.36. The standard InChI is InChI=1S/C24H32N4O5/c1-15(2)33-11-7-10-25-23(31)24(5)13-27-14-26-19(22(30)32-6)20(27)21(29)28(24)18-12-16(3)8-9-17(18)4/h8-9,12,14-15H,7,10-11,13H2,1-6H3,(H,25,31). The van der Waals surface area contributed by atoms with Crippen molar-refractivity contribution < 1.29 is 23.9 Å². The number of ether oxygens (including phenoxy) is 2. The molecule has 2 amide bonds. The zero-order valence-electron chi connectivity index (χ0n) is 20.1. The van der Waals surface area contributed by atoms with Crippen molar-refractivity contribution in [3.8, 4) is 0 Å². The number of methoxy groups -OCH3 is 1. The van der Waals surface area contributed by atoms with Gasteiger partial charge in [0.25, 0.3) is 5.91 Å². The number of aryl methyl sites for hydroxylation is 2. The van der Waals surface area contributed by atoms with Gasteiger partial charge in [-0.15, -0.1) is 0 Å². The van der Waals surface area contributed by atoms with Crippen LogP contribution in [0, 0.1) is 13.8 Å². The molecule has 3 rings (SSSR count). The first kappa shape index (κ1) is 24.4. The van der Waals surface area contributed by atoms with Crippen molar-refractivity contribution in [2.45, 2.75) is 59.2 Å². The van der Waals surface area contributed by atoms with Crippen LogP contribution in [0.3, 0.4) is 0 Å². The van der Waals surface area contributed by atoms with E-state index in [1.54, 1.807) is 11.5 Å². The van der Waals surface area contributed by atoms with Crippen molar-refractivity contribution in [1.82, 2.24) is 14.9 Å². The monoisotopic (exact) mass is 456 g/mol. The van der Waals surface area contributed by atoms with Crippen molar-refractivity contribution in [3.63, 3.8) is 0 Å². The van der Waals surface area contributed by atoms with Crippen LogP contribution in [0.1, 0.15) is 59.3 Å². The van der Waals surface area contributed by atoms with Gasteiger partial charge in [-0.05, 0) is 58.2 Å². The molecule has 1 atom stereocenters. The number of amides is 2. The molecule has 0 spiro atoms. The molecule has 9 heteroatoms. The first-order valence-electron chi connectivity index (χ1n) is 11.0. The van der Waals surface area contributed by atoms with Gasteiger partial charge in [-0.3, -0.25) is 14.5 Å². The van der Waals surface area contributed by atoms with Crippen molar-refractivity contribution in [3.05, 3.63) is 47.0 Å². The van der Waals surface area contributed by atoms with Crippen LogP contribution in [0.2, 0.25) is 0 Å². The van der Waals surface area contributed by atoms with Crippen LogP contribution in [0.15, 0.2) is 24.5 Å². The molecule has 33 heavy (non-hydrogen) atoms. The van der Waals surface area contributed by atoms with Gasteiger partial charge in [0, 0.05) is 18.8 Å². The molecule has 0 saturated carbocycles. The van der Waals surface area contributed by atoms with Gasteiger partial charge in [-0.2, -0.15) is 0 Å². The molecule has 1 unspecified atom stereocenters. The lowest BCUT2D eigenvalue weighted by atomic mass is 9.92. The Balaban J connectivity index is 2.00. The molecule has 1 aliphatic rings. The smallest absolute Gasteiger partial charge is 0.359 e. The Labute approximate surface area is 194 Å². The van der Waals surface area contributed by atoms with E-state index < -0.39 is 17.4 Å². The van der Waals surface area contributed by atoms with E-state index in [0.29, 0.717) is 25.3 Å². The molecule has 0 aliphatic carbocycles. The van der Waals surface area contributed by atoms with E-state index in [1.165, 1.54) is 18.3 Å². The number of esters is 1. The fourth-order valence-corrected chi connectivity index (χ4v) is 4.00. The molecule has 1 aliphatic heterocycles. The highest BCUT2D eigenvalue weighted by molar-refractivity contribution is 6.15. The number of hydrogen-bond acceptors (Lipinski definition) is 6. The van der Waals surface area contributed by atoms with Gasteiger partial charge in [0.1, 0.15) is 11.2 Å². The maximum Gasteiger partial charge on any atom is 0.359 e. The number of nitrogens with zero attached hydrogens (tertiary/aromatic N) is 3.